The highest BCUT2D eigenvalue weighted by atomic mass is 16.5. The highest BCUT2D eigenvalue weighted by Gasteiger charge is 2.21. The maximum absolute atomic E-state index is 5.46. The van der Waals surface area contributed by atoms with Crippen LogP contribution in [0, 0.1) is 5.92 Å². The molecule has 0 bridgehead atoms. The van der Waals surface area contributed by atoms with E-state index in [1.54, 1.807) is 0 Å². The Morgan fingerprint density at radius 2 is 2.10 bits per heavy atom. The molecule has 1 unspecified atom stereocenters. The van der Waals surface area contributed by atoms with Gasteiger partial charge in [-0.2, -0.15) is 0 Å². The summed E-state index contributed by atoms with van der Waals surface area (Å²) < 4.78 is 10.8. The maximum Gasteiger partial charge on any atom is 0.158 e. The smallest absolute Gasteiger partial charge is 0.158 e. The molecule has 2 heterocycles. The summed E-state index contributed by atoms with van der Waals surface area (Å²) in [6, 6.07) is 2.14. The highest BCUT2D eigenvalue weighted by molar-refractivity contribution is 5.47. The lowest BCUT2D eigenvalue weighted by atomic mass is 9.93. The fraction of sp³-hybridized carbons (Fsp3) is 0.714. The van der Waals surface area contributed by atoms with Crippen molar-refractivity contribution in [1.82, 2.24) is 9.97 Å². The van der Waals surface area contributed by atoms with Gasteiger partial charge in [0.15, 0.2) is 5.82 Å². The first kappa shape index (κ1) is 15.9. The van der Waals surface area contributed by atoms with Crippen molar-refractivity contribution in [3.63, 3.8) is 0 Å². The zero-order valence-electron chi connectivity index (χ0n) is 12.8. The van der Waals surface area contributed by atoms with Crippen LogP contribution in [0.25, 0.3) is 0 Å². The van der Waals surface area contributed by atoms with E-state index in [0.29, 0.717) is 36.8 Å². The first-order valence-electron chi connectivity index (χ1n) is 7.49. The highest BCUT2D eigenvalue weighted by Crippen LogP contribution is 2.22. The zero-order chi connectivity index (χ0) is 15.1. The van der Waals surface area contributed by atoms with Crippen LogP contribution in [0.4, 0.5) is 11.6 Å². The van der Waals surface area contributed by atoms with Gasteiger partial charge in [0.25, 0.3) is 0 Å². The van der Waals surface area contributed by atoms with Crippen molar-refractivity contribution >= 4 is 11.6 Å². The Labute approximate surface area is 125 Å². The fourth-order valence-corrected chi connectivity index (χ4v) is 2.47. The maximum atomic E-state index is 5.46. The third-order valence-corrected chi connectivity index (χ3v) is 3.70. The SMILES string of the molecule is CCOCc1nc(NN)cc(NC(C)C2CCOCC2)n1. The van der Waals surface area contributed by atoms with E-state index in [-0.39, 0.29) is 0 Å². The van der Waals surface area contributed by atoms with Crippen molar-refractivity contribution < 1.29 is 9.47 Å². The Morgan fingerprint density at radius 1 is 1.38 bits per heavy atom. The van der Waals surface area contributed by atoms with Gasteiger partial charge in [0.05, 0.1) is 0 Å². The number of anilines is 2. The van der Waals surface area contributed by atoms with Crippen LogP contribution in [0.2, 0.25) is 0 Å². The summed E-state index contributed by atoms with van der Waals surface area (Å²) in [6.07, 6.45) is 2.15. The normalized spacial score (nSPS) is 17.5. The number of ether oxygens (including phenoxy) is 2. The zero-order valence-corrected chi connectivity index (χ0v) is 12.8. The van der Waals surface area contributed by atoms with E-state index in [0.717, 1.165) is 31.9 Å². The van der Waals surface area contributed by atoms with Gasteiger partial charge in [-0.1, -0.05) is 0 Å². The van der Waals surface area contributed by atoms with Crippen LogP contribution in [-0.4, -0.2) is 35.8 Å². The summed E-state index contributed by atoms with van der Waals surface area (Å²) in [4.78, 5) is 8.76. The summed E-state index contributed by atoms with van der Waals surface area (Å²) >= 11 is 0. The predicted molar refractivity (Wildman–Crippen MR) is 81.8 cm³/mol. The predicted octanol–water partition coefficient (Wildman–Crippen LogP) is 1.53. The Bertz CT molecular complexity index is 437. The fourth-order valence-electron chi connectivity index (χ4n) is 2.47. The standard InChI is InChI=1S/C14H25N5O2/c1-3-20-9-14-17-12(8-13(18-14)19-15)16-10(2)11-4-6-21-7-5-11/h8,10-11H,3-7,9,15H2,1-2H3,(H2,16,17,18,19). The minimum absolute atomic E-state index is 0.328. The Morgan fingerprint density at radius 3 is 2.76 bits per heavy atom. The molecule has 1 aromatic rings. The summed E-state index contributed by atoms with van der Waals surface area (Å²) in [5.41, 5.74) is 2.57. The number of rotatable bonds is 7. The Balaban J connectivity index is 2.03. The molecule has 4 N–H and O–H groups in total. The van der Waals surface area contributed by atoms with Gasteiger partial charge in [-0.15, -0.1) is 0 Å². The van der Waals surface area contributed by atoms with Crippen molar-refractivity contribution in [3.05, 3.63) is 11.9 Å². The molecule has 1 saturated heterocycles. The number of hydrogen-bond acceptors (Lipinski definition) is 7. The quantitative estimate of drug-likeness (QED) is 0.518. The minimum Gasteiger partial charge on any atom is -0.381 e. The first-order valence-corrected chi connectivity index (χ1v) is 7.49. The third kappa shape index (κ3) is 4.80. The van der Waals surface area contributed by atoms with Crippen molar-refractivity contribution in [3.8, 4) is 0 Å². The largest absolute Gasteiger partial charge is 0.381 e. The number of nitrogen functional groups attached to an aromatic ring is 1. The second-order valence-corrected chi connectivity index (χ2v) is 5.22. The van der Waals surface area contributed by atoms with Crippen LogP contribution in [-0.2, 0) is 16.1 Å². The van der Waals surface area contributed by atoms with Crippen LogP contribution < -0.4 is 16.6 Å². The van der Waals surface area contributed by atoms with Crippen LogP contribution in [0.5, 0.6) is 0 Å². The number of nitrogens with one attached hydrogen (secondary N) is 2. The van der Waals surface area contributed by atoms with E-state index in [1.165, 1.54) is 0 Å². The van der Waals surface area contributed by atoms with E-state index in [9.17, 15) is 0 Å². The number of nitrogens with zero attached hydrogens (tertiary/aromatic N) is 2. The molecule has 0 saturated carbocycles. The van der Waals surface area contributed by atoms with Gasteiger partial charge in [-0.3, -0.25) is 0 Å². The minimum atomic E-state index is 0.328. The topological polar surface area (TPSA) is 94.3 Å². The second-order valence-electron chi connectivity index (χ2n) is 5.22. The van der Waals surface area contributed by atoms with Gasteiger partial charge in [-0.25, -0.2) is 15.8 Å². The van der Waals surface area contributed by atoms with Crippen LogP contribution >= 0.6 is 0 Å². The van der Waals surface area contributed by atoms with Gasteiger partial charge in [0.1, 0.15) is 18.2 Å². The van der Waals surface area contributed by atoms with Gasteiger partial charge >= 0.3 is 0 Å². The summed E-state index contributed by atoms with van der Waals surface area (Å²) in [7, 11) is 0. The van der Waals surface area contributed by atoms with Crippen LogP contribution in [0.3, 0.4) is 0 Å². The molecular weight excluding hydrogens is 270 g/mol. The molecule has 0 aliphatic carbocycles. The third-order valence-electron chi connectivity index (χ3n) is 3.70. The Kier molecular flexibility index (Phi) is 6.16. The first-order chi connectivity index (χ1) is 10.2. The van der Waals surface area contributed by atoms with Crippen molar-refractivity contribution in [2.24, 2.45) is 11.8 Å². The van der Waals surface area contributed by atoms with Crippen LogP contribution in [0.15, 0.2) is 6.07 Å². The molecule has 1 atom stereocenters. The van der Waals surface area contributed by atoms with Crippen molar-refractivity contribution in [2.75, 3.05) is 30.6 Å². The molecule has 1 aliphatic rings. The second kappa shape index (κ2) is 8.11. The van der Waals surface area contributed by atoms with Gasteiger partial charge in [-0.05, 0) is 32.6 Å². The molecule has 1 aliphatic heterocycles. The lowest BCUT2D eigenvalue weighted by Gasteiger charge is -2.28. The lowest BCUT2D eigenvalue weighted by molar-refractivity contribution is 0.0622. The summed E-state index contributed by atoms with van der Waals surface area (Å²) in [6.45, 7) is 6.81. The molecule has 1 aromatic heterocycles. The number of hydrogen-bond donors (Lipinski definition) is 3. The molecule has 118 valence electrons. The monoisotopic (exact) mass is 295 g/mol. The molecule has 7 nitrogen and oxygen atoms in total. The Hall–Kier alpha value is -1.44. The van der Waals surface area contributed by atoms with Gasteiger partial charge < -0.3 is 20.2 Å². The summed E-state index contributed by atoms with van der Waals surface area (Å²) in [5, 5.41) is 3.45. The van der Waals surface area contributed by atoms with E-state index in [2.05, 4.69) is 27.6 Å². The number of nitrogens with two attached hydrogens (primary N) is 1. The molecule has 0 amide bonds. The molecule has 0 spiro atoms. The number of aromatic nitrogens is 2. The van der Waals surface area contributed by atoms with Crippen molar-refractivity contribution in [1.29, 1.82) is 0 Å². The molecule has 7 heteroatoms. The van der Waals surface area contributed by atoms with E-state index in [1.807, 2.05) is 13.0 Å². The average Bonchev–Trinajstić information content (AvgIpc) is 2.53. The molecule has 0 radical (unpaired) electrons. The van der Waals surface area contributed by atoms with E-state index in [4.69, 9.17) is 15.3 Å². The average molecular weight is 295 g/mol. The van der Waals surface area contributed by atoms with Gasteiger partial charge in [0, 0.05) is 31.9 Å². The lowest BCUT2D eigenvalue weighted by Crippen LogP contribution is -2.31. The van der Waals surface area contributed by atoms with E-state index < -0.39 is 0 Å². The molecule has 2 rings (SSSR count). The van der Waals surface area contributed by atoms with E-state index >= 15 is 0 Å². The molecule has 0 aromatic carbocycles. The molecular formula is C14H25N5O2. The summed E-state index contributed by atoms with van der Waals surface area (Å²) in [5.74, 6) is 8.03. The number of hydrazine groups is 1. The molecule has 21 heavy (non-hydrogen) atoms. The molecule has 1 fully saturated rings. The van der Waals surface area contributed by atoms with Crippen molar-refractivity contribution in [2.45, 2.75) is 39.3 Å². The van der Waals surface area contributed by atoms with Crippen LogP contribution in [0.1, 0.15) is 32.5 Å². The van der Waals surface area contributed by atoms with Gasteiger partial charge in [0.2, 0.25) is 0 Å².